The van der Waals surface area contributed by atoms with E-state index < -0.39 is 6.10 Å². The standard InChI is InChI=1S/C14H17BrN2OS/c1-10(2)17-14(12(15)8-16-17)13(18)9-19-11-6-4-3-5-7-11/h3-8,10,13,18H,9H2,1-2H3. The second-order valence-corrected chi connectivity index (χ2v) is 6.50. The zero-order valence-electron chi connectivity index (χ0n) is 11.0. The molecule has 1 aromatic heterocycles. The molecule has 0 bridgehead atoms. The first kappa shape index (κ1) is 14.6. The molecule has 1 atom stereocenters. The lowest BCUT2D eigenvalue weighted by atomic mass is 10.2. The van der Waals surface area contributed by atoms with Crippen molar-refractivity contribution < 1.29 is 5.11 Å². The lowest BCUT2D eigenvalue weighted by molar-refractivity contribution is 0.188. The molecule has 0 saturated heterocycles. The number of halogens is 1. The molecule has 2 aromatic rings. The normalized spacial score (nSPS) is 12.9. The van der Waals surface area contributed by atoms with E-state index >= 15 is 0 Å². The van der Waals surface area contributed by atoms with Gasteiger partial charge in [0.25, 0.3) is 0 Å². The Morgan fingerprint density at radius 3 is 2.63 bits per heavy atom. The summed E-state index contributed by atoms with van der Waals surface area (Å²) in [5, 5.41) is 14.7. The van der Waals surface area contributed by atoms with Gasteiger partial charge in [-0.3, -0.25) is 4.68 Å². The molecule has 0 saturated carbocycles. The van der Waals surface area contributed by atoms with Gasteiger partial charge in [0.2, 0.25) is 0 Å². The predicted molar refractivity (Wildman–Crippen MR) is 82.4 cm³/mol. The third-order valence-corrected chi connectivity index (χ3v) is 4.44. The highest BCUT2D eigenvalue weighted by Gasteiger charge is 2.19. The zero-order valence-corrected chi connectivity index (χ0v) is 13.4. The number of rotatable bonds is 5. The van der Waals surface area contributed by atoms with Crippen LogP contribution in [0.4, 0.5) is 0 Å². The quantitative estimate of drug-likeness (QED) is 0.834. The number of aliphatic hydroxyl groups is 1. The number of thioether (sulfide) groups is 1. The molecule has 0 aliphatic carbocycles. The minimum absolute atomic E-state index is 0.234. The number of hydrogen-bond acceptors (Lipinski definition) is 3. The highest BCUT2D eigenvalue weighted by atomic mass is 79.9. The molecule has 5 heteroatoms. The Hall–Kier alpha value is -0.780. The first-order valence-corrected chi connectivity index (χ1v) is 7.96. The Kier molecular flexibility index (Phi) is 5.07. The van der Waals surface area contributed by atoms with Gasteiger partial charge < -0.3 is 5.11 Å². The summed E-state index contributed by atoms with van der Waals surface area (Å²) in [6.45, 7) is 4.11. The fourth-order valence-corrected chi connectivity index (χ4v) is 3.24. The van der Waals surface area contributed by atoms with Gasteiger partial charge >= 0.3 is 0 Å². The molecule has 0 amide bonds. The lowest BCUT2D eigenvalue weighted by Gasteiger charge is -2.16. The first-order chi connectivity index (χ1) is 9.09. The Labute approximate surface area is 126 Å². The first-order valence-electron chi connectivity index (χ1n) is 6.18. The van der Waals surface area contributed by atoms with Gasteiger partial charge in [-0.25, -0.2) is 0 Å². The van der Waals surface area contributed by atoms with Gasteiger partial charge in [-0.1, -0.05) is 18.2 Å². The van der Waals surface area contributed by atoms with Crippen LogP contribution in [0.5, 0.6) is 0 Å². The summed E-state index contributed by atoms with van der Waals surface area (Å²) in [5.41, 5.74) is 0.846. The maximum atomic E-state index is 10.4. The van der Waals surface area contributed by atoms with Gasteiger partial charge in [0, 0.05) is 16.7 Å². The molecule has 19 heavy (non-hydrogen) atoms. The summed E-state index contributed by atoms with van der Waals surface area (Å²) in [4.78, 5) is 1.16. The topological polar surface area (TPSA) is 38.0 Å². The van der Waals surface area contributed by atoms with Crippen LogP contribution in [-0.4, -0.2) is 20.6 Å². The molecule has 0 spiro atoms. The molecule has 2 rings (SSSR count). The summed E-state index contributed by atoms with van der Waals surface area (Å²) >= 11 is 5.10. The van der Waals surface area contributed by atoms with E-state index in [0.29, 0.717) is 5.75 Å². The molecule has 1 unspecified atom stereocenters. The summed E-state index contributed by atoms with van der Waals surface area (Å²) in [5.74, 6) is 0.612. The Bertz CT molecular complexity index is 527. The number of aromatic nitrogens is 2. The Morgan fingerprint density at radius 2 is 2.00 bits per heavy atom. The van der Waals surface area contributed by atoms with Crippen LogP contribution in [0.1, 0.15) is 31.7 Å². The van der Waals surface area contributed by atoms with E-state index in [0.717, 1.165) is 15.1 Å². The van der Waals surface area contributed by atoms with E-state index in [1.165, 1.54) is 0 Å². The van der Waals surface area contributed by atoms with E-state index in [-0.39, 0.29) is 6.04 Å². The minimum Gasteiger partial charge on any atom is -0.386 e. The van der Waals surface area contributed by atoms with Crippen molar-refractivity contribution in [1.82, 2.24) is 9.78 Å². The zero-order chi connectivity index (χ0) is 13.8. The van der Waals surface area contributed by atoms with E-state index in [2.05, 4.69) is 34.9 Å². The van der Waals surface area contributed by atoms with Gasteiger partial charge in [-0.05, 0) is 41.9 Å². The van der Waals surface area contributed by atoms with E-state index in [1.807, 2.05) is 35.0 Å². The number of aliphatic hydroxyl groups excluding tert-OH is 1. The number of benzene rings is 1. The van der Waals surface area contributed by atoms with Crippen LogP contribution >= 0.6 is 27.7 Å². The van der Waals surface area contributed by atoms with Gasteiger partial charge in [-0.2, -0.15) is 5.10 Å². The van der Waals surface area contributed by atoms with Gasteiger partial charge in [0.1, 0.15) is 6.10 Å². The van der Waals surface area contributed by atoms with Crippen molar-refractivity contribution in [2.24, 2.45) is 0 Å². The third-order valence-electron chi connectivity index (χ3n) is 2.74. The fraction of sp³-hybridized carbons (Fsp3) is 0.357. The predicted octanol–water partition coefficient (Wildman–Crippen LogP) is 4.05. The third kappa shape index (κ3) is 3.61. The van der Waals surface area contributed by atoms with Crippen molar-refractivity contribution in [3.63, 3.8) is 0 Å². The minimum atomic E-state index is -0.538. The molecule has 0 radical (unpaired) electrons. The van der Waals surface area contributed by atoms with Gasteiger partial charge in [-0.15, -0.1) is 11.8 Å². The average Bonchev–Trinajstić information content (AvgIpc) is 2.79. The number of nitrogens with zero attached hydrogens (tertiary/aromatic N) is 2. The molecular weight excluding hydrogens is 324 g/mol. The van der Waals surface area contributed by atoms with Crippen molar-refractivity contribution >= 4 is 27.7 Å². The molecule has 1 aromatic carbocycles. The molecular formula is C14H17BrN2OS. The summed E-state index contributed by atoms with van der Waals surface area (Å²) in [7, 11) is 0. The molecule has 0 aliphatic heterocycles. The largest absolute Gasteiger partial charge is 0.386 e. The lowest BCUT2D eigenvalue weighted by Crippen LogP contribution is -2.13. The van der Waals surface area contributed by atoms with Gasteiger partial charge in [0.15, 0.2) is 0 Å². The van der Waals surface area contributed by atoms with E-state index in [1.54, 1.807) is 18.0 Å². The van der Waals surface area contributed by atoms with E-state index in [9.17, 15) is 5.11 Å². The van der Waals surface area contributed by atoms with Crippen molar-refractivity contribution in [3.8, 4) is 0 Å². The highest BCUT2D eigenvalue weighted by molar-refractivity contribution is 9.10. The Morgan fingerprint density at radius 1 is 1.32 bits per heavy atom. The van der Waals surface area contributed by atoms with Crippen molar-refractivity contribution in [2.45, 2.75) is 30.9 Å². The second-order valence-electron chi connectivity index (χ2n) is 4.56. The van der Waals surface area contributed by atoms with Crippen LogP contribution in [0.25, 0.3) is 0 Å². The maximum absolute atomic E-state index is 10.4. The highest BCUT2D eigenvalue weighted by Crippen LogP contribution is 2.30. The smallest absolute Gasteiger partial charge is 0.106 e. The average molecular weight is 341 g/mol. The number of hydrogen-bond donors (Lipinski definition) is 1. The Balaban J connectivity index is 2.08. The van der Waals surface area contributed by atoms with Crippen LogP contribution < -0.4 is 0 Å². The van der Waals surface area contributed by atoms with Crippen LogP contribution in [0.2, 0.25) is 0 Å². The summed E-state index contributed by atoms with van der Waals surface area (Å²) in [6, 6.07) is 10.3. The van der Waals surface area contributed by atoms with Crippen molar-refractivity contribution in [3.05, 3.63) is 46.7 Å². The molecule has 1 heterocycles. The van der Waals surface area contributed by atoms with Crippen molar-refractivity contribution in [1.29, 1.82) is 0 Å². The monoisotopic (exact) mass is 340 g/mol. The molecule has 3 nitrogen and oxygen atoms in total. The van der Waals surface area contributed by atoms with E-state index in [4.69, 9.17) is 0 Å². The van der Waals surface area contributed by atoms with Crippen LogP contribution in [-0.2, 0) is 0 Å². The molecule has 102 valence electrons. The van der Waals surface area contributed by atoms with Crippen LogP contribution in [0.3, 0.4) is 0 Å². The van der Waals surface area contributed by atoms with Crippen molar-refractivity contribution in [2.75, 3.05) is 5.75 Å². The molecule has 1 N–H and O–H groups in total. The van der Waals surface area contributed by atoms with Crippen LogP contribution in [0, 0.1) is 0 Å². The van der Waals surface area contributed by atoms with Crippen LogP contribution in [0.15, 0.2) is 45.9 Å². The molecule has 0 fully saturated rings. The SMILES string of the molecule is CC(C)n1ncc(Br)c1C(O)CSc1ccccc1. The maximum Gasteiger partial charge on any atom is 0.106 e. The summed E-state index contributed by atoms with van der Waals surface area (Å²) in [6.07, 6.45) is 1.20. The fourth-order valence-electron chi connectivity index (χ4n) is 1.84. The molecule has 0 aliphatic rings. The van der Waals surface area contributed by atoms with Gasteiger partial charge in [0.05, 0.1) is 16.4 Å². The second kappa shape index (κ2) is 6.59. The summed E-state index contributed by atoms with van der Waals surface area (Å²) < 4.78 is 2.72.